The van der Waals surface area contributed by atoms with Crippen LogP contribution in [-0.2, 0) is 6.42 Å². The van der Waals surface area contributed by atoms with Gasteiger partial charge in [-0.3, -0.25) is 0 Å². The van der Waals surface area contributed by atoms with Gasteiger partial charge in [-0.15, -0.1) is 0 Å². The van der Waals surface area contributed by atoms with Crippen molar-refractivity contribution in [2.24, 2.45) is 0 Å². The molecule has 0 aromatic heterocycles. The van der Waals surface area contributed by atoms with Crippen molar-refractivity contribution in [3.05, 3.63) is 67.9 Å². The van der Waals surface area contributed by atoms with Gasteiger partial charge in [-0.2, -0.15) is 0 Å². The van der Waals surface area contributed by atoms with Crippen LogP contribution in [0.1, 0.15) is 17.2 Å². The normalized spacial score (nSPS) is 12.4. The SMILES string of the molecule is CNC(Cc1cc(F)ccc1Br)c1cc(Cl)cc(Cl)c1. The molecule has 2 rings (SSSR count). The van der Waals surface area contributed by atoms with Crippen LogP contribution in [0.4, 0.5) is 4.39 Å². The Morgan fingerprint density at radius 3 is 2.40 bits per heavy atom. The van der Waals surface area contributed by atoms with E-state index in [0.717, 1.165) is 15.6 Å². The van der Waals surface area contributed by atoms with Crippen LogP contribution in [0.3, 0.4) is 0 Å². The van der Waals surface area contributed by atoms with Gasteiger partial charge in [-0.25, -0.2) is 4.39 Å². The van der Waals surface area contributed by atoms with Crippen LogP contribution in [-0.4, -0.2) is 7.05 Å². The summed E-state index contributed by atoms with van der Waals surface area (Å²) in [6.45, 7) is 0. The summed E-state index contributed by atoms with van der Waals surface area (Å²) in [5.41, 5.74) is 1.86. The lowest BCUT2D eigenvalue weighted by atomic mass is 9.99. The molecule has 0 saturated heterocycles. The molecule has 1 nitrogen and oxygen atoms in total. The molecule has 0 amide bonds. The second kappa shape index (κ2) is 6.90. The molecule has 0 bridgehead atoms. The van der Waals surface area contributed by atoms with Crippen molar-refractivity contribution in [2.45, 2.75) is 12.5 Å². The smallest absolute Gasteiger partial charge is 0.123 e. The number of nitrogens with one attached hydrogen (secondary N) is 1. The van der Waals surface area contributed by atoms with Gasteiger partial charge in [0.1, 0.15) is 5.82 Å². The van der Waals surface area contributed by atoms with Crippen molar-refractivity contribution in [3.8, 4) is 0 Å². The average Bonchev–Trinajstić information content (AvgIpc) is 2.38. The Morgan fingerprint density at radius 2 is 1.80 bits per heavy atom. The first-order chi connectivity index (χ1) is 9.49. The number of likely N-dealkylation sites (N-methyl/N-ethyl adjacent to an activating group) is 1. The molecule has 0 spiro atoms. The van der Waals surface area contributed by atoms with Crippen LogP contribution in [0, 0.1) is 5.82 Å². The van der Waals surface area contributed by atoms with E-state index in [2.05, 4.69) is 21.2 Å². The molecule has 5 heteroatoms. The predicted octanol–water partition coefficient (Wildman–Crippen LogP) is 5.40. The highest BCUT2D eigenvalue weighted by molar-refractivity contribution is 9.10. The Labute approximate surface area is 136 Å². The van der Waals surface area contributed by atoms with Crippen molar-refractivity contribution in [1.29, 1.82) is 0 Å². The van der Waals surface area contributed by atoms with Crippen molar-refractivity contribution < 1.29 is 4.39 Å². The summed E-state index contributed by atoms with van der Waals surface area (Å²) in [6.07, 6.45) is 0.630. The number of halogens is 4. The number of benzene rings is 2. The minimum atomic E-state index is -0.248. The Balaban J connectivity index is 2.30. The molecule has 1 atom stereocenters. The van der Waals surface area contributed by atoms with Gasteiger partial charge in [-0.1, -0.05) is 39.1 Å². The number of rotatable bonds is 4. The van der Waals surface area contributed by atoms with E-state index in [-0.39, 0.29) is 11.9 Å². The third kappa shape index (κ3) is 3.95. The van der Waals surface area contributed by atoms with E-state index in [1.165, 1.54) is 12.1 Å². The summed E-state index contributed by atoms with van der Waals surface area (Å²) >= 11 is 15.5. The van der Waals surface area contributed by atoms with Crippen LogP contribution in [0.5, 0.6) is 0 Å². The fourth-order valence-corrected chi connectivity index (χ4v) is 3.03. The van der Waals surface area contributed by atoms with Crippen LogP contribution in [0.2, 0.25) is 10.0 Å². The molecule has 0 fully saturated rings. The maximum Gasteiger partial charge on any atom is 0.123 e. The summed E-state index contributed by atoms with van der Waals surface area (Å²) in [6, 6.07) is 10.1. The van der Waals surface area contributed by atoms with E-state index in [9.17, 15) is 4.39 Å². The maximum atomic E-state index is 13.3. The van der Waals surface area contributed by atoms with Gasteiger partial charge in [0.15, 0.2) is 0 Å². The van der Waals surface area contributed by atoms with Crippen LogP contribution in [0.15, 0.2) is 40.9 Å². The van der Waals surface area contributed by atoms with Crippen LogP contribution in [0.25, 0.3) is 0 Å². The lowest BCUT2D eigenvalue weighted by Gasteiger charge is -2.18. The molecular formula is C15H13BrCl2FN. The third-order valence-corrected chi connectivity index (χ3v) is 4.28. The first-order valence-electron chi connectivity index (χ1n) is 6.07. The van der Waals surface area contributed by atoms with Gasteiger partial charge in [0, 0.05) is 20.6 Å². The molecule has 1 unspecified atom stereocenters. The monoisotopic (exact) mass is 375 g/mol. The van der Waals surface area contributed by atoms with Gasteiger partial charge in [0.2, 0.25) is 0 Å². The third-order valence-electron chi connectivity index (χ3n) is 3.07. The summed E-state index contributed by atoms with van der Waals surface area (Å²) in [5, 5.41) is 4.39. The van der Waals surface area contributed by atoms with Gasteiger partial charge < -0.3 is 5.32 Å². The standard InChI is InChI=1S/C15H13BrCl2FN/c1-20-15(10-4-11(17)8-12(18)5-10)7-9-6-13(19)2-3-14(9)16/h2-6,8,15,20H,7H2,1H3. The number of hydrogen-bond acceptors (Lipinski definition) is 1. The van der Waals surface area contributed by atoms with E-state index in [1.54, 1.807) is 12.1 Å². The largest absolute Gasteiger partial charge is 0.313 e. The molecule has 0 heterocycles. The quantitative estimate of drug-likeness (QED) is 0.753. The lowest BCUT2D eigenvalue weighted by molar-refractivity contribution is 0.583. The fraction of sp³-hybridized carbons (Fsp3) is 0.200. The van der Waals surface area contributed by atoms with Gasteiger partial charge in [-0.05, 0) is 61.0 Å². The molecule has 0 aliphatic carbocycles. The van der Waals surface area contributed by atoms with Gasteiger partial charge >= 0.3 is 0 Å². The van der Waals surface area contributed by atoms with Crippen molar-refractivity contribution in [3.63, 3.8) is 0 Å². The Morgan fingerprint density at radius 1 is 1.15 bits per heavy atom. The van der Waals surface area contributed by atoms with E-state index >= 15 is 0 Å². The number of hydrogen-bond donors (Lipinski definition) is 1. The zero-order chi connectivity index (χ0) is 14.7. The maximum absolute atomic E-state index is 13.3. The highest BCUT2D eigenvalue weighted by Crippen LogP contribution is 2.28. The average molecular weight is 377 g/mol. The Kier molecular flexibility index (Phi) is 5.44. The summed E-state index contributed by atoms with van der Waals surface area (Å²) < 4.78 is 14.2. The molecule has 0 aliphatic rings. The van der Waals surface area contributed by atoms with Crippen LogP contribution >= 0.6 is 39.1 Å². The molecule has 0 radical (unpaired) electrons. The summed E-state index contributed by atoms with van der Waals surface area (Å²) in [7, 11) is 1.85. The second-order valence-corrected chi connectivity index (χ2v) is 6.21. The minimum Gasteiger partial charge on any atom is -0.313 e. The molecule has 0 aliphatic heterocycles. The molecule has 0 saturated carbocycles. The lowest BCUT2D eigenvalue weighted by Crippen LogP contribution is -2.19. The fourth-order valence-electron chi connectivity index (χ4n) is 2.08. The summed E-state index contributed by atoms with van der Waals surface area (Å²) in [4.78, 5) is 0. The molecule has 2 aromatic rings. The topological polar surface area (TPSA) is 12.0 Å². The second-order valence-electron chi connectivity index (χ2n) is 4.48. The van der Waals surface area contributed by atoms with E-state index in [0.29, 0.717) is 16.5 Å². The molecule has 106 valence electrons. The first-order valence-corrected chi connectivity index (χ1v) is 7.61. The highest BCUT2D eigenvalue weighted by atomic mass is 79.9. The van der Waals surface area contributed by atoms with E-state index in [4.69, 9.17) is 23.2 Å². The highest BCUT2D eigenvalue weighted by Gasteiger charge is 2.14. The Bertz CT molecular complexity index is 599. The Hall–Kier alpha value is -0.610. The van der Waals surface area contributed by atoms with Gasteiger partial charge in [0.05, 0.1) is 0 Å². The minimum absolute atomic E-state index is 0.00398. The van der Waals surface area contributed by atoms with Crippen molar-refractivity contribution in [2.75, 3.05) is 7.05 Å². The van der Waals surface area contributed by atoms with Crippen molar-refractivity contribution >= 4 is 39.1 Å². The predicted molar refractivity (Wildman–Crippen MR) is 86.1 cm³/mol. The molecule has 1 N–H and O–H groups in total. The van der Waals surface area contributed by atoms with Crippen LogP contribution < -0.4 is 5.32 Å². The zero-order valence-corrected chi connectivity index (χ0v) is 13.9. The molecule has 2 aromatic carbocycles. The van der Waals surface area contributed by atoms with Crippen molar-refractivity contribution in [1.82, 2.24) is 5.32 Å². The zero-order valence-electron chi connectivity index (χ0n) is 10.8. The molecule has 20 heavy (non-hydrogen) atoms. The first kappa shape index (κ1) is 15.8. The van der Waals surface area contributed by atoms with Gasteiger partial charge in [0.25, 0.3) is 0 Å². The summed E-state index contributed by atoms with van der Waals surface area (Å²) in [5.74, 6) is -0.248. The van der Waals surface area contributed by atoms with E-state index in [1.807, 2.05) is 19.2 Å². The van der Waals surface area contributed by atoms with E-state index < -0.39 is 0 Å². The molecular weight excluding hydrogens is 364 g/mol.